The molecule has 4 heterocycles. The van der Waals surface area contributed by atoms with Crippen LogP contribution in [0.5, 0.6) is 5.75 Å². The summed E-state index contributed by atoms with van der Waals surface area (Å²) in [4.78, 5) is 67.1. The number of fused-ring (bicyclic) bond motifs is 3. The van der Waals surface area contributed by atoms with Gasteiger partial charge in [-0.3, -0.25) is 23.8 Å². The third kappa shape index (κ3) is 7.51. The second-order valence-electron chi connectivity index (χ2n) is 13.7. The largest absolute Gasteiger partial charge is 0.496 e. The zero-order valence-corrected chi connectivity index (χ0v) is 29.5. The number of rotatable bonds is 8. The molecule has 3 amide bonds. The summed E-state index contributed by atoms with van der Waals surface area (Å²) in [5.41, 5.74) is 3.10. The smallest absolute Gasteiger partial charge is 0.329 e. The van der Waals surface area contributed by atoms with Crippen molar-refractivity contribution in [2.45, 2.75) is 57.0 Å². The van der Waals surface area contributed by atoms with Crippen LogP contribution in [0.3, 0.4) is 0 Å². The van der Waals surface area contributed by atoms with Crippen LogP contribution >= 0.6 is 7.60 Å². The Morgan fingerprint density at radius 3 is 2.59 bits per heavy atom. The Balaban J connectivity index is 1.20. The highest BCUT2D eigenvalue weighted by Gasteiger charge is 2.46. The molecule has 4 aromatic rings. The van der Waals surface area contributed by atoms with Crippen molar-refractivity contribution in [3.05, 3.63) is 70.9 Å². The molecule has 1 aromatic heterocycles. The molecule has 3 aliphatic rings. The van der Waals surface area contributed by atoms with Gasteiger partial charge in [0, 0.05) is 55.1 Å². The van der Waals surface area contributed by atoms with E-state index in [1.165, 1.54) is 7.11 Å². The Labute approximate surface area is 294 Å². The lowest BCUT2D eigenvalue weighted by Crippen LogP contribution is -2.61. The number of carbonyl (C=O) groups is 3. The number of ether oxygens (including phenoxy) is 2. The van der Waals surface area contributed by atoms with Gasteiger partial charge in [0.05, 0.1) is 26.5 Å². The lowest BCUT2D eigenvalue weighted by atomic mass is 10.0. The third-order valence-electron chi connectivity index (χ3n) is 10.1. The molecule has 0 spiro atoms. The lowest BCUT2D eigenvalue weighted by Gasteiger charge is -2.40. The van der Waals surface area contributed by atoms with Crippen LogP contribution in [-0.2, 0) is 31.6 Å². The summed E-state index contributed by atoms with van der Waals surface area (Å²) >= 11 is 0. The molecule has 0 aliphatic carbocycles. The maximum absolute atomic E-state index is 14.6. The van der Waals surface area contributed by atoms with Crippen molar-refractivity contribution in [1.82, 2.24) is 25.2 Å². The maximum Gasteiger partial charge on any atom is 0.329 e. The topological polar surface area (TPSA) is 175 Å². The molecular weight excluding hydrogens is 677 g/mol. The number of morpholine rings is 1. The molecule has 0 unspecified atom stereocenters. The van der Waals surface area contributed by atoms with Gasteiger partial charge in [-0.2, -0.15) is 0 Å². The fourth-order valence-corrected chi connectivity index (χ4v) is 8.29. The van der Waals surface area contributed by atoms with Gasteiger partial charge in [-0.1, -0.05) is 35.0 Å². The van der Waals surface area contributed by atoms with Crippen molar-refractivity contribution in [1.29, 1.82) is 0 Å². The molecule has 3 aromatic carbocycles. The summed E-state index contributed by atoms with van der Waals surface area (Å²) in [6.45, 7) is 5.02. The molecule has 3 aliphatic heterocycles. The van der Waals surface area contributed by atoms with Crippen molar-refractivity contribution < 1.29 is 42.7 Å². The van der Waals surface area contributed by atoms with Crippen LogP contribution in [0.2, 0.25) is 0 Å². The van der Waals surface area contributed by atoms with E-state index in [1.54, 1.807) is 40.1 Å². The Morgan fingerprint density at radius 2 is 1.82 bits per heavy atom. The number of aromatic nitrogens is 1. The van der Waals surface area contributed by atoms with Crippen LogP contribution in [0.1, 0.15) is 46.4 Å². The molecule has 7 rings (SSSR count). The third-order valence-corrected chi connectivity index (χ3v) is 10.9. The Bertz CT molecular complexity index is 2020. The first kappa shape index (κ1) is 35.1. The van der Waals surface area contributed by atoms with E-state index in [1.807, 2.05) is 25.1 Å². The number of carbonyl (C=O) groups excluding carboxylic acids is 3. The predicted molar refractivity (Wildman–Crippen MR) is 187 cm³/mol. The highest BCUT2D eigenvalue weighted by atomic mass is 31.2. The number of aryl methyl sites for hydroxylation is 1. The van der Waals surface area contributed by atoms with Gasteiger partial charge in [-0.05, 0) is 61.4 Å². The standard InChI is InChI=1S/C36H42N5O9P/c1-22-3-8-32-28(15-22)29(38-50-32)19-39-10-9-26-5-7-31(36(44)40-11-13-49-14-12-40)41(26)35(43)30(20-39)37-34(42)25-17-24-16-23(21-51(45,46)47)4-6-27(24)33(18-25)48-2/h3-4,6,8,15-18,26,30-31H,5,7,9-14,19-21H2,1-2H3,(H,37,42)(H2,45,46,47)/t26-,30+,31+/m1/s1. The van der Waals surface area contributed by atoms with Crippen LogP contribution < -0.4 is 10.1 Å². The molecule has 3 atom stereocenters. The van der Waals surface area contributed by atoms with E-state index in [9.17, 15) is 28.7 Å². The van der Waals surface area contributed by atoms with Gasteiger partial charge < -0.3 is 38.9 Å². The van der Waals surface area contributed by atoms with Crippen molar-refractivity contribution in [2.24, 2.45) is 0 Å². The van der Waals surface area contributed by atoms with Crippen molar-refractivity contribution in [3.8, 4) is 5.75 Å². The number of nitrogens with zero attached hydrogens (tertiary/aromatic N) is 4. The molecule has 15 heteroatoms. The molecule has 270 valence electrons. The van der Waals surface area contributed by atoms with Gasteiger partial charge >= 0.3 is 7.60 Å². The second kappa shape index (κ2) is 14.4. The molecule has 0 bridgehead atoms. The van der Waals surface area contributed by atoms with Gasteiger partial charge in [0.25, 0.3) is 5.91 Å². The summed E-state index contributed by atoms with van der Waals surface area (Å²) in [5, 5.41) is 9.45. The molecule has 51 heavy (non-hydrogen) atoms. The maximum atomic E-state index is 14.6. The van der Waals surface area contributed by atoms with Crippen LogP contribution in [0.25, 0.3) is 21.7 Å². The molecule has 3 fully saturated rings. The first-order valence-electron chi connectivity index (χ1n) is 17.2. The Hall–Kier alpha value is -4.33. The minimum Gasteiger partial charge on any atom is -0.496 e. The summed E-state index contributed by atoms with van der Waals surface area (Å²) < 4.78 is 28.4. The van der Waals surface area contributed by atoms with Crippen molar-refractivity contribution in [2.75, 3.05) is 46.5 Å². The monoisotopic (exact) mass is 719 g/mol. The van der Waals surface area contributed by atoms with Gasteiger partial charge in [0.1, 0.15) is 23.5 Å². The van der Waals surface area contributed by atoms with E-state index < -0.39 is 31.7 Å². The van der Waals surface area contributed by atoms with Gasteiger partial charge in [-0.15, -0.1) is 0 Å². The quantitative estimate of drug-likeness (QED) is 0.228. The summed E-state index contributed by atoms with van der Waals surface area (Å²) in [6.07, 6.45) is 1.42. The zero-order valence-electron chi connectivity index (χ0n) is 28.6. The first-order chi connectivity index (χ1) is 24.5. The van der Waals surface area contributed by atoms with E-state index in [0.29, 0.717) is 86.3 Å². The average Bonchev–Trinajstić information content (AvgIpc) is 3.71. The van der Waals surface area contributed by atoms with Crippen molar-refractivity contribution in [3.63, 3.8) is 0 Å². The number of nitrogens with one attached hydrogen (secondary N) is 1. The van der Waals surface area contributed by atoms with E-state index in [0.717, 1.165) is 16.6 Å². The summed E-state index contributed by atoms with van der Waals surface area (Å²) in [5.74, 6) is -0.537. The Morgan fingerprint density at radius 1 is 1.02 bits per heavy atom. The molecule has 0 radical (unpaired) electrons. The molecule has 0 saturated carbocycles. The van der Waals surface area contributed by atoms with E-state index >= 15 is 0 Å². The Kier molecular flexibility index (Phi) is 9.88. The van der Waals surface area contributed by atoms with Crippen molar-refractivity contribution >= 4 is 47.1 Å². The van der Waals surface area contributed by atoms with E-state index in [4.69, 9.17) is 14.0 Å². The van der Waals surface area contributed by atoms with Crippen LogP contribution in [-0.4, -0.2) is 112 Å². The van der Waals surface area contributed by atoms with Gasteiger partial charge in [0.2, 0.25) is 11.8 Å². The number of hydrogen-bond donors (Lipinski definition) is 3. The second-order valence-corrected chi connectivity index (χ2v) is 15.3. The summed E-state index contributed by atoms with van der Waals surface area (Å²) in [6, 6.07) is 12.2. The minimum absolute atomic E-state index is 0.0912. The van der Waals surface area contributed by atoms with Crippen LogP contribution in [0.15, 0.2) is 53.1 Å². The molecular formula is C36H42N5O9P. The minimum atomic E-state index is -4.33. The fourth-order valence-electron chi connectivity index (χ4n) is 7.62. The normalized spacial score (nSPS) is 21.8. The van der Waals surface area contributed by atoms with E-state index in [-0.39, 0.29) is 30.0 Å². The van der Waals surface area contributed by atoms with E-state index in [2.05, 4.69) is 15.4 Å². The molecule has 14 nitrogen and oxygen atoms in total. The molecule has 3 saturated heterocycles. The average molecular weight is 720 g/mol. The lowest BCUT2D eigenvalue weighted by molar-refractivity contribution is -0.149. The number of hydrogen-bond acceptors (Lipinski definition) is 9. The highest BCUT2D eigenvalue weighted by molar-refractivity contribution is 7.50. The highest BCUT2D eigenvalue weighted by Crippen LogP contribution is 2.40. The number of amides is 3. The zero-order chi connectivity index (χ0) is 35.9. The summed E-state index contributed by atoms with van der Waals surface area (Å²) in [7, 11) is -2.85. The fraction of sp³-hybridized carbons (Fsp3) is 0.444. The van der Waals surface area contributed by atoms with Gasteiger partial charge in [0.15, 0.2) is 5.58 Å². The van der Waals surface area contributed by atoms with Gasteiger partial charge in [-0.25, -0.2) is 0 Å². The SMILES string of the molecule is COc1cc(C(=O)N[C@H]2CN(Cc3noc4ccc(C)cc34)CC[C@H]3CC[C@@H](C(=O)N4CCOCC4)N3C2=O)cc2cc(CP(=O)(O)O)ccc12. The van der Waals surface area contributed by atoms with Crippen LogP contribution in [0, 0.1) is 6.92 Å². The first-order valence-corrected chi connectivity index (χ1v) is 19.0. The van der Waals surface area contributed by atoms with Crippen LogP contribution in [0.4, 0.5) is 0 Å². The number of benzene rings is 3. The predicted octanol–water partition coefficient (Wildman–Crippen LogP) is 3.20. The molecule has 3 N–H and O–H groups in total. The number of methoxy groups -OCH3 is 1.